The van der Waals surface area contributed by atoms with Gasteiger partial charge >= 0.3 is 0 Å². The summed E-state index contributed by atoms with van der Waals surface area (Å²) in [5, 5.41) is 0. The predicted molar refractivity (Wildman–Crippen MR) is 75.8 cm³/mol. The molecule has 16 heavy (non-hydrogen) atoms. The van der Waals surface area contributed by atoms with Crippen molar-refractivity contribution in [1.82, 2.24) is 0 Å². The number of unbranched alkanes of at least 4 members (excludes halogenated alkanes) is 6. The molecule has 0 aromatic rings. The van der Waals surface area contributed by atoms with Gasteiger partial charge in [-0.2, -0.15) is 0 Å². The van der Waals surface area contributed by atoms with Gasteiger partial charge in [-0.1, -0.05) is 91.9 Å². The molecule has 0 aliphatic heterocycles. The molecule has 0 heterocycles. The van der Waals surface area contributed by atoms with Gasteiger partial charge in [0.05, 0.1) is 0 Å². The zero-order valence-electron chi connectivity index (χ0n) is 12.2. The molecule has 0 aromatic heterocycles. The Hall–Kier alpha value is 0. The van der Waals surface area contributed by atoms with Gasteiger partial charge in [0.25, 0.3) is 0 Å². The van der Waals surface area contributed by atoms with Crippen LogP contribution in [0, 0.1) is 11.8 Å². The highest BCUT2D eigenvalue weighted by Crippen LogP contribution is 2.23. The fraction of sp³-hybridized carbons (Fsp3) is 1.00. The Kier molecular flexibility index (Phi) is 11.5. The number of hydrogen-bond donors (Lipinski definition) is 0. The van der Waals surface area contributed by atoms with Crippen molar-refractivity contribution in [1.29, 1.82) is 0 Å². The molecule has 0 saturated carbocycles. The summed E-state index contributed by atoms with van der Waals surface area (Å²) in [6, 6.07) is 0. The average Bonchev–Trinajstić information content (AvgIpc) is 2.29. The van der Waals surface area contributed by atoms with Crippen molar-refractivity contribution in [2.75, 3.05) is 0 Å². The second-order valence-corrected chi connectivity index (χ2v) is 5.65. The molecular weight excluding hydrogens is 192 g/mol. The van der Waals surface area contributed by atoms with Gasteiger partial charge in [-0.15, -0.1) is 0 Å². The summed E-state index contributed by atoms with van der Waals surface area (Å²) >= 11 is 0. The first kappa shape index (κ1) is 16.0. The zero-order chi connectivity index (χ0) is 12.2. The van der Waals surface area contributed by atoms with E-state index < -0.39 is 0 Å². The lowest BCUT2D eigenvalue weighted by Gasteiger charge is -2.19. The zero-order valence-corrected chi connectivity index (χ0v) is 12.2. The number of hydrogen-bond acceptors (Lipinski definition) is 0. The third kappa shape index (κ3) is 9.24. The molecule has 0 N–H and O–H groups in total. The molecule has 0 nitrogen and oxygen atoms in total. The first-order chi connectivity index (χ1) is 7.72. The molecule has 0 heteroatoms. The fourth-order valence-corrected chi connectivity index (χ4v) is 2.36. The van der Waals surface area contributed by atoms with Gasteiger partial charge in [-0.25, -0.2) is 0 Å². The third-order valence-corrected chi connectivity index (χ3v) is 4.00. The first-order valence-corrected chi connectivity index (χ1v) is 7.72. The van der Waals surface area contributed by atoms with Crippen LogP contribution in [-0.4, -0.2) is 0 Å². The second kappa shape index (κ2) is 11.5. The van der Waals surface area contributed by atoms with Crippen molar-refractivity contribution in [3.05, 3.63) is 0 Å². The summed E-state index contributed by atoms with van der Waals surface area (Å²) in [6.07, 6.45) is 14.3. The molecule has 0 spiro atoms. The Labute approximate surface area is 104 Å². The molecule has 0 saturated heterocycles. The smallest absolute Gasteiger partial charge is 0.0417 e. The van der Waals surface area contributed by atoms with Crippen LogP contribution < -0.4 is 0 Å². The van der Waals surface area contributed by atoms with E-state index in [1.807, 2.05) is 0 Å². The van der Waals surface area contributed by atoms with E-state index in [9.17, 15) is 0 Å². The monoisotopic (exact) mass is 226 g/mol. The Morgan fingerprint density at radius 2 is 0.938 bits per heavy atom. The molecule has 0 aliphatic carbocycles. The second-order valence-electron chi connectivity index (χ2n) is 5.65. The predicted octanol–water partition coefficient (Wildman–Crippen LogP) is 6.20. The van der Waals surface area contributed by atoms with Crippen LogP contribution in [0.4, 0.5) is 0 Å². The number of rotatable bonds is 11. The van der Waals surface area contributed by atoms with Crippen LogP contribution in [0.3, 0.4) is 0 Å². The highest BCUT2D eigenvalue weighted by molar-refractivity contribution is 4.62. The van der Waals surface area contributed by atoms with Crippen molar-refractivity contribution in [3.8, 4) is 0 Å². The summed E-state index contributed by atoms with van der Waals surface area (Å²) in [6.45, 7) is 9.49. The summed E-state index contributed by atoms with van der Waals surface area (Å²) in [7, 11) is 0. The topological polar surface area (TPSA) is 0 Å². The van der Waals surface area contributed by atoms with Crippen LogP contribution in [0.15, 0.2) is 0 Å². The maximum atomic E-state index is 2.45. The summed E-state index contributed by atoms with van der Waals surface area (Å²) in [5.41, 5.74) is 0. The maximum absolute atomic E-state index is 2.45. The van der Waals surface area contributed by atoms with Gasteiger partial charge in [0.2, 0.25) is 0 Å². The quantitative estimate of drug-likeness (QED) is 0.368. The normalized spacial score (nSPS) is 15.0. The summed E-state index contributed by atoms with van der Waals surface area (Å²) < 4.78 is 0. The van der Waals surface area contributed by atoms with E-state index in [4.69, 9.17) is 0 Å². The van der Waals surface area contributed by atoms with Crippen LogP contribution in [-0.2, 0) is 0 Å². The molecule has 0 aromatic carbocycles. The molecule has 0 rings (SSSR count). The van der Waals surface area contributed by atoms with Crippen molar-refractivity contribution in [2.24, 2.45) is 11.8 Å². The van der Waals surface area contributed by atoms with E-state index >= 15 is 0 Å². The SMILES string of the molecule is CCCCCC[C@H](C)[C@@H](C)CCCCCC. The minimum atomic E-state index is 0.943. The third-order valence-electron chi connectivity index (χ3n) is 4.00. The molecule has 0 fully saturated rings. The van der Waals surface area contributed by atoms with Crippen LogP contribution in [0.25, 0.3) is 0 Å². The van der Waals surface area contributed by atoms with Gasteiger partial charge < -0.3 is 0 Å². The van der Waals surface area contributed by atoms with E-state index in [2.05, 4.69) is 27.7 Å². The van der Waals surface area contributed by atoms with E-state index in [1.165, 1.54) is 64.2 Å². The standard InChI is InChI=1S/C16H34/c1-5-7-9-11-13-15(3)16(4)14-12-10-8-6-2/h15-16H,5-14H2,1-4H3/t15-,16-/m0/s1. The average molecular weight is 226 g/mol. The van der Waals surface area contributed by atoms with Crippen LogP contribution in [0.1, 0.15) is 91.9 Å². The van der Waals surface area contributed by atoms with Crippen LogP contribution >= 0.6 is 0 Å². The molecule has 0 aliphatic rings. The van der Waals surface area contributed by atoms with Gasteiger partial charge in [-0.05, 0) is 11.8 Å². The van der Waals surface area contributed by atoms with Crippen LogP contribution in [0.5, 0.6) is 0 Å². The minimum Gasteiger partial charge on any atom is -0.0654 e. The summed E-state index contributed by atoms with van der Waals surface area (Å²) in [4.78, 5) is 0. The van der Waals surface area contributed by atoms with Gasteiger partial charge in [-0.3, -0.25) is 0 Å². The van der Waals surface area contributed by atoms with E-state index in [0.29, 0.717) is 0 Å². The van der Waals surface area contributed by atoms with Gasteiger partial charge in [0, 0.05) is 0 Å². The Balaban J connectivity index is 3.38. The minimum absolute atomic E-state index is 0.943. The molecule has 0 unspecified atom stereocenters. The van der Waals surface area contributed by atoms with Crippen molar-refractivity contribution >= 4 is 0 Å². The van der Waals surface area contributed by atoms with E-state index in [0.717, 1.165) is 11.8 Å². The van der Waals surface area contributed by atoms with Gasteiger partial charge in [0.1, 0.15) is 0 Å². The molecule has 0 radical (unpaired) electrons. The van der Waals surface area contributed by atoms with Crippen molar-refractivity contribution < 1.29 is 0 Å². The fourth-order valence-electron chi connectivity index (χ4n) is 2.36. The van der Waals surface area contributed by atoms with E-state index in [-0.39, 0.29) is 0 Å². The maximum Gasteiger partial charge on any atom is -0.0417 e. The highest BCUT2D eigenvalue weighted by Gasteiger charge is 2.11. The molecule has 0 amide bonds. The first-order valence-electron chi connectivity index (χ1n) is 7.72. The molecule has 98 valence electrons. The molecule has 2 atom stereocenters. The van der Waals surface area contributed by atoms with Crippen molar-refractivity contribution in [3.63, 3.8) is 0 Å². The summed E-state index contributed by atoms with van der Waals surface area (Å²) in [5.74, 6) is 1.89. The molecule has 0 bridgehead atoms. The highest BCUT2D eigenvalue weighted by atomic mass is 14.2. The lowest BCUT2D eigenvalue weighted by atomic mass is 9.87. The largest absolute Gasteiger partial charge is 0.0654 e. The lowest BCUT2D eigenvalue weighted by molar-refractivity contribution is 0.323. The van der Waals surface area contributed by atoms with Crippen LogP contribution in [0.2, 0.25) is 0 Å². The lowest BCUT2D eigenvalue weighted by Crippen LogP contribution is -2.08. The Morgan fingerprint density at radius 3 is 1.25 bits per heavy atom. The Morgan fingerprint density at radius 1 is 0.562 bits per heavy atom. The van der Waals surface area contributed by atoms with E-state index in [1.54, 1.807) is 0 Å². The van der Waals surface area contributed by atoms with Crippen molar-refractivity contribution in [2.45, 2.75) is 91.9 Å². The Bertz CT molecular complexity index is 112. The van der Waals surface area contributed by atoms with Gasteiger partial charge in [0.15, 0.2) is 0 Å². The molecular formula is C16H34.